The van der Waals surface area contributed by atoms with E-state index >= 15 is 0 Å². The lowest BCUT2D eigenvalue weighted by molar-refractivity contribution is -0.119. The average molecular weight is 396 g/mol. The van der Waals surface area contributed by atoms with E-state index in [1.54, 1.807) is 18.2 Å². The summed E-state index contributed by atoms with van der Waals surface area (Å²) in [5, 5.41) is 2.62. The molecule has 0 fully saturated rings. The van der Waals surface area contributed by atoms with Crippen molar-refractivity contribution >= 4 is 21.6 Å². The van der Waals surface area contributed by atoms with Crippen molar-refractivity contribution in [3.8, 4) is 11.5 Å². The Labute approximate surface area is 157 Å². The fourth-order valence-electron chi connectivity index (χ4n) is 2.41. The molecule has 0 radical (unpaired) electrons. The topological polar surface area (TPSA) is 84.9 Å². The number of carbonyl (C=O) groups excluding carboxylic acids is 1. The van der Waals surface area contributed by atoms with Gasteiger partial charge in [0.25, 0.3) is 0 Å². The van der Waals surface area contributed by atoms with E-state index in [9.17, 15) is 17.6 Å². The quantitative estimate of drug-likeness (QED) is 0.737. The molecule has 9 heteroatoms. The highest BCUT2D eigenvalue weighted by atomic mass is 32.2. The highest BCUT2D eigenvalue weighted by Crippen LogP contribution is 2.27. The van der Waals surface area contributed by atoms with Gasteiger partial charge in [-0.1, -0.05) is 18.2 Å². The van der Waals surface area contributed by atoms with Gasteiger partial charge in [-0.15, -0.1) is 0 Å². The lowest BCUT2D eigenvalue weighted by Gasteiger charge is -2.22. The van der Waals surface area contributed by atoms with Crippen molar-refractivity contribution in [3.63, 3.8) is 0 Å². The number of methoxy groups -OCH3 is 2. The van der Waals surface area contributed by atoms with Crippen LogP contribution in [0.1, 0.15) is 5.56 Å². The molecule has 0 bridgehead atoms. The Morgan fingerprint density at radius 3 is 2.37 bits per heavy atom. The number of rotatable bonds is 8. The van der Waals surface area contributed by atoms with Crippen LogP contribution in [0.3, 0.4) is 0 Å². The van der Waals surface area contributed by atoms with Gasteiger partial charge < -0.3 is 14.8 Å². The van der Waals surface area contributed by atoms with E-state index in [2.05, 4.69) is 5.32 Å². The summed E-state index contributed by atoms with van der Waals surface area (Å²) in [7, 11) is -0.828. The second kappa shape index (κ2) is 8.72. The lowest BCUT2D eigenvalue weighted by atomic mass is 10.2. The van der Waals surface area contributed by atoms with Crippen LogP contribution in [-0.4, -0.2) is 41.3 Å². The number of amides is 1. The highest BCUT2D eigenvalue weighted by molar-refractivity contribution is 7.92. The predicted octanol–water partition coefficient (Wildman–Crippen LogP) is 1.93. The van der Waals surface area contributed by atoms with Gasteiger partial charge in [0.1, 0.15) is 12.4 Å². The number of nitrogens with zero attached hydrogens (tertiary/aromatic N) is 1. The maximum Gasteiger partial charge on any atom is 0.241 e. The molecule has 1 N–H and O–H groups in total. The lowest BCUT2D eigenvalue weighted by Crippen LogP contribution is -2.40. The molecule has 2 rings (SSSR count). The molecule has 2 aromatic carbocycles. The van der Waals surface area contributed by atoms with Crippen molar-refractivity contribution in [1.29, 1.82) is 0 Å². The van der Waals surface area contributed by atoms with Gasteiger partial charge in [-0.3, -0.25) is 9.10 Å². The number of sulfonamides is 1. The van der Waals surface area contributed by atoms with E-state index in [-0.39, 0.29) is 12.2 Å². The Morgan fingerprint density at radius 2 is 1.78 bits per heavy atom. The van der Waals surface area contributed by atoms with Gasteiger partial charge >= 0.3 is 0 Å². The van der Waals surface area contributed by atoms with Crippen LogP contribution in [0.25, 0.3) is 0 Å². The summed E-state index contributed by atoms with van der Waals surface area (Å²) in [6.45, 7) is -0.388. The van der Waals surface area contributed by atoms with Crippen LogP contribution < -0.4 is 19.1 Å². The third-order valence-electron chi connectivity index (χ3n) is 3.75. The van der Waals surface area contributed by atoms with Crippen LogP contribution in [-0.2, 0) is 21.4 Å². The number of hydrogen-bond donors (Lipinski definition) is 1. The summed E-state index contributed by atoms with van der Waals surface area (Å²) in [4.78, 5) is 12.2. The monoisotopic (exact) mass is 396 g/mol. The Bertz CT molecular complexity index is 918. The van der Waals surface area contributed by atoms with Crippen LogP contribution in [0, 0.1) is 5.82 Å². The predicted molar refractivity (Wildman–Crippen MR) is 100.0 cm³/mol. The summed E-state index contributed by atoms with van der Waals surface area (Å²) in [6.07, 6.45) is 0.918. The minimum Gasteiger partial charge on any atom is -0.493 e. The molecule has 1 amide bonds. The molecule has 146 valence electrons. The van der Waals surface area contributed by atoms with Crippen molar-refractivity contribution in [2.24, 2.45) is 0 Å². The van der Waals surface area contributed by atoms with E-state index in [4.69, 9.17) is 9.47 Å². The smallest absolute Gasteiger partial charge is 0.241 e. The fourth-order valence-corrected chi connectivity index (χ4v) is 3.27. The summed E-state index contributed by atoms with van der Waals surface area (Å²) < 4.78 is 49.0. The summed E-state index contributed by atoms with van der Waals surface area (Å²) in [5.41, 5.74) is 0.555. The van der Waals surface area contributed by atoms with Crippen molar-refractivity contribution in [2.45, 2.75) is 6.54 Å². The molecule has 27 heavy (non-hydrogen) atoms. The van der Waals surface area contributed by atoms with Crippen LogP contribution in [0.15, 0.2) is 42.5 Å². The third-order valence-corrected chi connectivity index (χ3v) is 4.87. The molecular weight excluding hydrogens is 375 g/mol. The van der Waals surface area contributed by atoms with E-state index in [0.29, 0.717) is 11.5 Å². The van der Waals surface area contributed by atoms with E-state index in [0.717, 1.165) is 22.2 Å². The first-order valence-electron chi connectivity index (χ1n) is 7.96. The molecule has 2 aromatic rings. The summed E-state index contributed by atoms with van der Waals surface area (Å²) >= 11 is 0. The first-order chi connectivity index (χ1) is 12.8. The van der Waals surface area contributed by atoms with Gasteiger partial charge in [0, 0.05) is 6.54 Å². The zero-order valence-corrected chi connectivity index (χ0v) is 16.0. The molecule has 0 saturated carbocycles. The second-order valence-corrected chi connectivity index (χ2v) is 7.59. The van der Waals surface area contributed by atoms with Crippen LogP contribution in [0.2, 0.25) is 0 Å². The highest BCUT2D eigenvalue weighted by Gasteiger charge is 2.23. The molecule has 0 saturated heterocycles. The summed E-state index contributed by atoms with van der Waals surface area (Å²) in [5.74, 6) is -0.238. The molecular formula is C18H21FN2O5S. The normalized spacial score (nSPS) is 11.0. The first kappa shape index (κ1) is 20.5. The van der Waals surface area contributed by atoms with Gasteiger partial charge in [0.2, 0.25) is 15.9 Å². The number of benzene rings is 2. The maximum absolute atomic E-state index is 14.0. The standard InChI is InChI=1S/C18H21FN2O5S/c1-25-16-9-8-13(10-17(16)26-2)11-20-18(22)12-21(27(3,23)24)15-7-5-4-6-14(15)19/h4-10H,11-12H2,1-3H3,(H,20,22). The van der Waals surface area contributed by atoms with Crippen molar-refractivity contribution in [3.05, 3.63) is 53.8 Å². The molecule has 0 spiro atoms. The SMILES string of the molecule is COc1ccc(CNC(=O)CN(c2ccccc2F)S(C)(=O)=O)cc1OC. The minimum atomic E-state index is -3.84. The second-order valence-electron chi connectivity index (χ2n) is 5.69. The molecule has 0 aromatic heterocycles. The van der Waals surface area contributed by atoms with Gasteiger partial charge in [-0.2, -0.15) is 0 Å². The largest absolute Gasteiger partial charge is 0.493 e. The molecule has 0 unspecified atom stereocenters. The van der Waals surface area contributed by atoms with Crippen molar-refractivity contribution in [2.75, 3.05) is 31.3 Å². The van der Waals surface area contributed by atoms with E-state index < -0.39 is 28.3 Å². The molecule has 0 atom stereocenters. The van der Waals surface area contributed by atoms with Gasteiger partial charge in [0.05, 0.1) is 26.2 Å². The van der Waals surface area contributed by atoms with Crippen LogP contribution >= 0.6 is 0 Å². The molecule has 0 aliphatic heterocycles. The van der Waals surface area contributed by atoms with Crippen molar-refractivity contribution < 1.29 is 27.1 Å². The first-order valence-corrected chi connectivity index (χ1v) is 9.81. The molecule has 0 aliphatic rings. The van der Waals surface area contributed by atoms with E-state index in [1.165, 1.54) is 32.4 Å². The van der Waals surface area contributed by atoms with E-state index in [1.807, 2.05) is 0 Å². The Hall–Kier alpha value is -2.81. The Kier molecular flexibility index (Phi) is 6.62. The van der Waals surface area contributed by atoms with Gasteiger partial charge in [-0.05, 0) is 29.8 Å². The zero-order chi connectivity index (χ0) is 20.0. The van der Waals surface area contributed by atoms with Gasteiger partial charge in [-0.25, -0.2) is 12.8 Å². The fraction of sp³-hybridized carbons (Fsp3) is 0.278. The number of carbonyl (C=O) groups is 1. The molecule has 0 aliphatic carbocycles. The number of nitrogens with one attached hydrogen (secondary N) is 1. The van der Waals surface area contributed by atoms with Crippen LogP contribution in [0.4, 0.5) is 10.1 Å². The maximum atomic E-state index is 14.0. The number of ether oxygens (including phenoxy) is 2. The minimum absolute atomic E-state index is 0.147. The van der Waals surface area contributed by atoms with Gasteiger partial charge in [0.15, 0.2) is 11.5 Å². The molecule has 7 nitrogen and oxygen atoms in total. The zero-order valence-electron chi connectivity index (χ0n) is 15.2. The summed E-state index contributed by atoms with van der Waals surface area (Å²) in [6, 6.07) is 10.5. The Balaban J connectivity index is 2.10. The van der Waals surface area contributed by atoms with Crippen molar-refractivity contribution in [1.82, 2.24) is 5.32 Å². The molecule has 0 heterocycles. The Morgan fingerprint density at radius 1 is 1.11 bits per heavy atom. The third kappa shape index (κ3) is 5.33. The number of hydrogen-bond acceptors (Lipinski definition) is 5. The number of anilines is 1. The number of para-hydroxylation sites is 1. The average Bonchev–Trinajstić information content (AvgIpc) is 2.64. The number of halogens is 1. The van der Waals surface area contributed by atoms with Crippen LogP contribution in [0.5, 0.6) is 11.5 Å².